The van der Waals surface area contributed by atoms with Gasteiger partial charge in [-0.3, -0.25) is 9.78 Å². The molecule has 19 heavy (non-hydrogen) atoms. The van der Waals surface area contributed by atoms with E-state index in [9.17, 15) is 4.79 Å². The lowest BCUT2D eigenvalue weighted by Crippen LogP contribution is -2.14. The lowest BCUT2D eigenvalue weighted by atomic mass is 10.1. The van der Waals surface area contributed by atoms with Crippen molar-refractivity contribution < 1.29 is 9.53 Å². The zero-order chi connectivity index (χ0) is 13.8. The van der Waals surface area contributed by atoms with Gasteiger partial charge in [0.15, 0.2) is 0 Å². The second-order valence-electron chi connectivity index (χ2n) is 4.08. The number of amides is 1. The van der Waals surface area contributed by atoms with Crippen LogP contribution < -0.4 is 15.8 Å². The summed E-state index contributed by atoms with van der Waals surface area (Å²) in [5.74, 6) is 0.502. The monoisotopic (exact) mass is 257 g/mol. The summed E-state index contributed by atoms with van der Waals surface area (Å²) in [6, 6.07) is 8.71. The van der Waals surface area contributed by atoms with Gasteiger partial charge < -0.3 is 15.8 Å². The van der Waals surface area contributed by atoms with Gasteiger partial charge in [0, 0.05) is 5.69 Å². The number of nitrogens with zero attached hydrogens (tertiary/aromatic N) is 1. The van der Waals surface area contributed by atoms with E-state index in [1.807, 2.05) is 0 Å². The highest BCUT2D eigenvalue weighted by Crippen LogP contribution is 2.17. The molecule has 2 aromatic rings. The molecule has 0 aliphatic rings. The molecular formula is C14H15N3O2. The Bertz CT molecular complexity index is 594. The first-order valence-electron chi connectivity index (χ1n) is 5.77. The Kier molecular flexibility index (Phi) is 3.66. The van der Waals surface area contributed by atoms with E-state index in [4.69, 9.17) is 10.5 Å². The maximum Gasteiger partial charge on any atom is 0.257 e. The van der Waals surface area contributed by atoms with E-state index in [0.717, 1.165) is 5.75 Å². The minimum absolute atomic E-state index is 0.234. The number of hydrogen-bond donors (Lipinski definition) is 2. The van der Waals surface area contributed by atoms with Crippen molar-refractivity contribution in [3.63, 3.8) is 0 Å². The molecule has 0 fully saturated rings. The minimum Gasteiger partial charge on any atom is -0.497 e. The van der Waals surface area contributed by atoms with Crippen LogP contribution >= 0.6 is 0 Å². The van der Waals surface area contributed by atoms with Crippen molar-refractivity contribution in [1.82, 2.24) is 4.98 Å². The zero-order valence-corrected chi connectivity index (χ0v) is 10.8. The lowest BCUT2D eigenvalue weighted by molar-refractivity contribution is 0.102. The number of aromatic nitrogens is 1. The smallest absolute Gasteiger partial charge is 0.257 e. The van der Waals surface area contributed by atoms with Gasteiger partial charge in [-0.15, -0.1) is 0 Å². The molecule has 2 rings (SSSR count). The van der Waals surface area contributed by atoms with Crippen LogP contribution in [0.2, 0.25) is 0 Å². The second kappa shape index (κ2) is 5.39. The number of benzene rings is 1. The largest absolute Gasteiger partial charge is 0.497 e. The Hall–Kier alpha value is -2.56. The number of nitrogens with one attached hydrogen (secondary N) is 1. The van der Waals surface area contributed by atoms with Crippen molar-refractivity contribution in [3.05, 3.63) is 47.8 Å². The molecule has 0 aliphatic carbocycles. The molecule has 1 amide bonds. The van der Waals surface area contributed by atoms with Crippen molar-refractivity contribution in [3.8, 4) is 5.75 Å². The topological polar surface area (TPSA) is 77.2 Å². The molecule has 1 aromatic carbocycles. The molecule has 0 aliphatic heterocycles. The Labute approximate surface area is 111 Å². The zero-order valence-electron chi connectivity index (χ0n) is 10.8. The number of rotatable bonds is 3. The molecule has 0 atom stereocenters. The molecule has 0 radical (unpaired) electrons. The van der Waals surface area contributed by atoms with E-state index in [1.54, 1.807) is 44.4 Å². The maximum atomic E-state index is 12.1. The third kappa shape index (κ3) is 3.01. The van der Waals surface area contributed by atoms with Crippen LogP contribution in [0, 0.1) is 6.92 Å². The molecule has 0 saturated heterocycles. The van der Waals surface area contributed by atoms with Gasteiger partial charge in [-0.05, 0) is 37.3 Å². The predicted octanol–water partition coefficient (Wildman–Crippen LogP) is 2.23. The summed E-state index contributed by atoms with van der Waals surface area (Å²) in [6.45, 7) is 1.77. The van der Waals surface area contributed by atoms with Crippen LogP contribution in [0.5, 0.6) is 5.75 Å². The molecule has 0 spiro atoms. The van der Waals surface area contributed by atoms with Crippen LogP contribution in [0.25, 0.3) is 0 Å². The molecule has 0 saturated carbocycles. The van der Waals surface area contributed by atoms with Crippen LogP contribution in [0.4, 0.5) is 11.4 Å². The fraction of sp³-hybridized carbons (Fsp3) is 0.143. The summed E-state index contributed by atoms with van der Waals surface area (Å²) in [5.41, 5.74) is 7.90. The van der Waals surface area contributed by atoms with Crippen molar-refractivity contribution in [2.75, 3.05) is 18.2 Å². The average Bonchev–Trinajstić information content (AvgIpc) is 2.42. The van der Waals surface area contributed by atoms with Gasteiger partial charge in [0.2, 0.25) is 0 Å². The summed E-state index contributed by atoms with van der Waals surface area (Å²) in [5, 5.41) is 2.79. The maximum absolute atomic E-state index is 12.1. The van der Waals surface area contributed by atoms with E-state index < -0.39 is 0 Å². The number of anilines is 2. The predicted molar refractivity (Wildman–Crippen MR) is 74.3 cm³/mol. The third-order valence-electron chi connectivity index (χ3n) is 2.70. The Morgan fingerprint density at radius 2 is 2.00 bits per heavy atom. The molecular weight excluding hydrogens is 242 g/mol. The van der Waals surface area contributed by atoms with Crippen LogP contribution in [-0.4, -0.2) is 18.0 Å². The fourth-order valence-electron chi connectivity index (χ4n) is 1.65. The summed E-state index contributed by atoms with van der Waals surface area (Å²) in [4.78, 5) is 16.2. The van der Waals surface area contributed by atoms with Crippen LogP contribution in [0.1, 0.15) is 16.1 Å². The van der Waals surface area contributed by atoms with Gasteiger partial charge in [-0.25, -0.2) is 0 Å². The second-order valence-corrected chi connectivity index (χ2v) is 4.08. The van der Waals surface area contributed by atoms with E-state index in [-0.39, 0.29) is 5.91 Å². The Morgan fingerprint density at radius 3 is 2.63 bits per heavy atom. The van der Waals surface area contributed by atoms with E-state index in [2.05, 4.69) is 10.3 Å². The summed E-state index contributed by atoms with van der Waals surface area (Å²) >= 11 is 0. The van der Waals surface area contributed by atoms with Crippen LogP contribution in [0.15, 0.2) is 36.5 Å². The number of hydrogen-bond acceptors (Lipinski definition) is 4. The van der Waals surface area contributed by atoms with E-state index in [1.165, 1.54) is 6.20 Å². The molecule has 0 unspecified atom stereocenters. The van der Waals surface area contributed by atoms with Crippen LogP contribution in [0.3, 0.4) is 0 Å². The Balaban J connectivity index is 2.18. The lowest BCUT2D eigenvalue weighted by Gasteiger charge is -2.08. The molecule has 3 N–H and O–H groups in total. The molecule has 0 bridgehead atoms. The van der Waals surface area contributed by atoms with Crippen molar-refractivity contribution in [1.29, 1.82) is 0 Å². The highest BCUT2D eigenvalue weighted by molar-refractivity contribution is 6.05. The SMILES string of the molecule is COc1ccc(NC(=O)c2cc(N)cnc2C)cc1. The van der Waals surface area contributed by atoms with Gasteiger partial charge in [0.25, 0.3) is 5.91 Å². The summed E-state index contributed by atoms with van der Waals surface area (Å²) in [6.07, 6.45) is 1.53. The van der Waals surface area contributed by atoms with E-state index >= 15 is 0 Å². The summed E-state index contributed by atoms with van der Waals surface area (Å²) in [7, 11) is 1.59. The molecule has 5 nitrogen and oxygen atoms in total. The number of carbonyl (C=O) groups excluding carboxylic acids is 1. The fourth-order valence-corrected chi connectivity index (χ4v) is 1.65. The first kappa shape index (κ1) is 12.9. The van der Waals surface area contributed by atoms with Gasteiger partial charge >= 0.3 is 0 Å². The van der Waals surface area contributed by atoms with Gasteiger partial charge in [0.05, 0.1) is 30.3 Å². The van der Waals surface area contributed by atoms with Crippen molar-refractivity contribution in [2.24, 2.45) is 0 Å². The molecule has 5 heteroatoms. The van der Waals surface area contributed by atoms with Gasteiger partial charge in [0.1, 0.15) is 5.75 Å². The number of aryl methyl sites for hydroxylation is 1. The van der Waals surface area contributed by atoms with Crippen molar-refractivity contribution in [2.45, 2.75) is 6.92 Å². The number of nitrogen functional groups attached to an aromatic ring is 1. The molecule has 98 valence electrons. The third-order valence-corrected chi connectivity index (χ3v) is 2.70. The van der Waals surface area contributed by atoms with Gasteiger partial charge in [-0.1, -0.05) is 0 Å². The Morgan fingerprint density at radius 1 is 1.32 bits per heavy atom. The van der Waals surface area contributed by atoms with E-state index in [0.29, 0.717) is 22.6 Å². The quantitative estimate of drug-likeness (QED) is 0.884. The summed E-state index contributed by atoms with van der Waals surface area (Å²) < 4.78 is 5.05. The minimum atomic E-state index is -0.234. The number of pyridine rings is 1. The van der Waals surface area contributed by atoms with Crippen molar-refractivity contribution >= 4 is 17.3 Å². The first-order valence-corrected chi connectivity index (χ1v) is 5.77. The number of carbonyl (C=O) groups is 1. The van der Waals surface area contributed by atoms with Gasteiger partial charge in [-0.2, -0.15) is 0 Å². The number of ether oxygens (including phenoxy) is 1. The molecule has 1 heterocycles. The number of methoxy groups -OCH3 is 1. The molecule has 1 aromatic heterocycles. The van der Waals surface area contributed by atoms with Crippen LogP contribution in [-0.2, 0) is 0 Å². The average molecular weight is 257 g/mol. The highest BCUT2D eigenvalue weighted by atomic mass is 16.5. The highest BCUT2D eigenvalue weighted by Gasteiger charge is 2.10. The standard InChI is InChI=1S/C14H15N3O2/c1-9-13(7-10(15)8-16-9)14(18)17-11-3-5-12(19-2)6-4-11/h3-8H,15H2,1-2H3,(H,17,18). The normalized spacial score (nSPS) is 10.0. The number of nitrogens with two attached hydrogens (primary N) is 1. The first-order chi connectivity index (χ1) is 9.10.